The number of ether oxygens (including phenoxy) is 1. The SMILES string of the molecule is CCc1c2c(cc3c1CC1(C3)Cc3cc4c(c(C(=O)OC)c3C1)CCCC4)CCCC2. The number of carbonyl (C=O) groups excluding carboxylic acids is 1. The molecule has 1 atom stereocenters. The number of aryl methyl sites for hydroxylation is 2. The number of hydrogen-bond acceptors (Lipinski definition) is 2. The minimum atomic E-state index is -0.104. The first-order valence-electron chi connectivity index (χ1n) is 12.5. The van der Waals surface area contributed by atoms with Crippen LogP contribution in [0, 0.1) is 5.41 Å². The molecule has 0 aliphatic heterocycles. The Bertz CT molecular complexity index is 1090. The Balaban J connectivity index is 1.43. The lowest BCUT2D eigenvalue weighted by atomic mass is 9.80. The van der Waals surface area contributed by atoms with Crippen LogP contribution in [0.4, 0.5) is 0 Å². The molecule has 0 aromatic heterocycles. The van der Waals surface area contributed by atoms with Gasteiger partial charge in [0, 0.05) is 0 Å². The predicted octanol–water partition coefficient (Wildman–Crippen LogP) is 5.68. The molecule has 2 heteroatoms. The molecule has 0 bridgehead atoms. The van der Waals surface area contributed by atoms with Gasteiger partial charge in [-0.15, -0.1) is 0 Å². The van der Waals surface area contributed by atoms with Crippen molar-refractivity contribution in [1.29, 1.82) is 0 Å². The monoisotopic (exact) mass is 414 g/mol. The lowest BCUT2D eigenvalue weighted by Gasteiger charge is -2.23. The number of fused-ring (bicyclic) bond motifs is 4. The van der Waals surface area contributed by atoms with Gasteiger partial charge in [0.1, 0.15) is 0 Å². The fraction of sp³-hybridized carbons (Fsp3) is 0.552. The Morgan fingerprint density at radius 2 is 1.35 bits per heavy atom. The summed E-state index contributed by atoms with van der Waals surface area (Å²) in [4.78, 5) is 12.9. The van der Waals surface area contributed by atoms with Gasteiger partial charge in [0.2, 0.25) is 0 Å². The quantitative estimate of drug-likeness (QED) is 0.591. The van der Waals surface area contributed by atoms with Crippen molar-refractivity contribution in [2.45, 2.75) is 90.4 Å². The molecule has 0 fully saturated rings. The predicted molar refractivity (Wildman–Crippen MR) is 124 cm³/mol. The normalized spacial score (nSPS) is 23.3. The van der Waals surface area contributed by atoms with E-state index in [2.05, 4.69) is 19.1 Å². The molecule has 4 aliphatic carbocycles. The molecule has 1 spiro atoms. The molecule has 4 aliphatic rings. The third kappa shape index (κ3) is 2.93. The maximum absolute atomic E-state index is 12.9. The minimum Gasteiger partial charge on any atom is -0.465 e. The van der Waals surface area contributed by atoms with Gasteiger partial charge in [0.05, 0.1) is 12.7 Å². The molecule has 2 nitrogen and oxygen atoms in total. The molecule has 162 valence electrons. The molecule has 31 heavy (non-hydrogen) atoms. The summed E-state index contributed by atoms with van der Waals surface area (Å²) in [6.45, 7) is 2.35. The van der Waals surface area contributed by atoms with Crippen molar-refractivity contribution in [3.63, 3.8) is 0 Å². The summed E-state index contributed by atoms with van der Waals surface area (Å²) >= 11 is 0. The van der Waals surface area contributed by atoms with Gasteiger partial charge in [-0.25, -0.2) is 4.79 Å². The van der Waals surface area contributed by atoms with E-state index in [9.17, 15) is 4.79 Å². The topological polar surface area (TPSA) is 26.3 Å². The zero-order valence-corrected chi connectivity index (χ0v) is 19.2. The van der Waals surface area contributed by atoms with Crippen molar-refractivity contribution in [3.8, 4) is 0 Å². The highest BCUT2D eigenvalue weighted by Gasteiger charge is 2.45. The number of methoxy groups -OCH3 is 1. The second kappa shape index (κ2) is 7.22. The van der Waals surface area contributed by atoms with Gasteiger partial charge in [0.25, 0.3) is 0 Å². The molecule has 2 aromatic rings. The van der Waals surface area contributed by atoms with Crippen LogP contribution in [0.3, 0.4) is 0 Å². The fourth-order valence-electron chi connectivity index (χ4n) is 7.57. The molecule has 0 heterocycles. The van der Waals surface area contributed by atoms with Crippen LogP contribution in [0.5, 0.6) is 0 Å². The Morgan fingerprint density at radius 3 is 2.03 bits per heavy atom. The van der Waals surface area contributed by atoms with E-state index < -0.39 is 0 Å². The summed E-state index contributed by atoms with van der Waals surface area (Å²) < 4.78 is 5.31. The van der Waals surface area contributed by atoms with E-state index in [1.54, 1.807) is 34.9 Å². The molecule has 0 radical (unpaired) electrons. The van der Waals surface area contributed by atoms with Crippen LogP contribution in [0.2, 0.25) is 0 Å². The molecular weight excluding hydrogens is 380 g/mol. The van der Waals surface area contributed by atoms with Crippen LogP contribution in [-0.2, 0) is 62.5 Å². The van der Waals surface area contributed by atoms with Gasteiger partial charge in [-0.2, -0.15) is 0 Å². The minimum absolute atomic E-state index is 0.104. The van der Waals surface area contributed by atoms with E-state index in [1.165, 1.54) is 73.6 Å². The molecule has 0 amide bonds. The van der Waals surface area contributed by atoms with Crippen LogP contribution < -0.4 is 0 Å². The average molecular weight is 415 g/mol. The van der Waals surface area contributed by atoms with E-state index in [4.69, 9.17) is 4.74 Å². The van der Waals surface area contributed by atoms with E-state index in [0.717, 1.165) is 37.7 Å². The van der Waals surface area contributed by atoms with Crippen LogP contribution in [0.1, 0.15) is 93.0 Å². The van der Waals surface area contributed by atoms with Crippen molar-refractivity contribution < 1.29 is 9.53 Å². The largest absolute Gasteiger partial charge is 0.465 e. The molecule has 0 saturated carbocycles. The van der Waals surface area contributed by atoms with Crippen molar-refractivity contribution in [3.05, 3.63) is 67.8 Å². The summed E-state index contributed by atoms with van der Waals surface area (Å²) in [6.07, 6.45) is 15.5. The molecule has 0 saturated heterocycles. The van der Waals surface area contributed by atoms with Crippen LogP contribution >= 0.6 is 0 Å². The molecule has 1 unspecified atom stereocenters. The summed E-state index contributed by atoms with van der Waals surface area (Å²) in [7, 11) is 1.55. The van der Waals surface area contributed by atoms with Crippen molar-refractivity contribution in [1.82, 2.24) is 0 Å². The maximum atomic E-state index is 12.9. The van der Waals surface area contributed by atoms with E-state index >= 15 is 0 Å². The van der Waals surface area contributed by atoms with Crippen molar-refractivity contribution >= 4 is 5.97 Å². The number of esters is 1. The first kappa shape index (κ1) is 19.6. The van der Waals surface area contributed by atoms with Gasteiger partial charge < -0.3 is 4.74 Å². The zero-order chi connectivity index (χ0) is 21.2. The lowest BCUT2D eigenvalue weighted by Crippen LogP contribution is -2.22. The van der Waals surface area contributed by atoms with Crippen LogP contribution in [0.15, 0.2) is 12.1 Å². The highest BCUT2D eigenvalue weighted by molar-refractivity contribution is 5.94. The van der Waals surface area contributed by atoms with Crippen molar-refractivity contribution in [2.24, 2.45) is 5.41 Å². The van der Waals surface area contributed by atoms with Crippen LogP contribution in [-0.4, -0.2) is 13.1 Å². The third-order valence-electron chi connectivity index (χ3n) is 8.80. The highest BCUT2D eigenvalue weighted by Crippen LogP contribution is 2.51. The van der Waals surface area contributed by atoms with Gasteiger partial charge >= 0.3 is 5.97 Å². The Labute approximate surface area is 186 Å². The molecule has 2 aromatic carbocycles. The second-order valence-electron chi connectivity index (χ2n) is 10.6. The molecule has 0 N–H and O–H groups in total. The standard InChI is InChI=1S/C29H34O2/c1-3-22-23-10-6-4-8-18(23)12-20-14-29(16-25(20)22)15-21-13-19-9-5-7-11-24(19)27(26(21)17-29)28(30)31-2/h12-13H,3-11,14-17H2,1-2H3. The first-order chi connectivity index (χ1) is 15.1. The Morgan fingerprint density at radius 1 is 0.774 bits per heavy atom. The molecular formula is C29H34O2. The third-order valence-corrected chi connectivity index (χ3v) is 8.80. The Hall–Kier alpha value is -2.09. The summed E-state index contributed by atoms with van der Waals surface area (Å²) in [5.41, 5.74) is 15.0. The second-order valence-corrected chi connectivity index (χ2v) is 10.6. The van der Waals surface area contributed by atoms with E-state index in [1.807, 2.05) is 0 Å². The number of rotatable bonds is 2. The summed E-state index contributed by atoms with van der Waals surface area (Å²) in [5, 5.41) is 0. The maximum Gasteiger partial charge on any atom is 0.338 e. The van der Waals surface area contributed by atoms with Gasteiger partial charge in [-0.1, -0.05) is 19.1 Å². The average Bonchev–Trinajstić information content (AvgIpc) is 3.32. The van der Waals surface area contributed by atoms with E-state index in [0.29, 0.717) is 0 Å². The summed E-state index contributed by atoms with van der Waals surface area (Å²) in [5.74, 6) is -0.104. The number of hydrogen-bond donors (Lipinski definition) is 0. The smallest absolute Gasteiger partial charge is 0.338 e. The Kier molecular flexibility index (Phi) is 4.56. The number of carbonyl (C=O) groups is 1. The van der Waals surface area contributed by atoms with Gasteiger partial charge in [-0.3, -0.25) is 0 Å². The van der Waals surface area contributed by atoms with Gasteiger partial charge in [-0.05, 0) is 139 Å². The highest BCUT2D eigenvalue weighted by atomic mass is 16.5. The number of benzene rings is 2. The van der Waals surface area contributed by atoms with Crippen LogP contribution in [0.25, 0.3) is 0 Å². The fourth-order valence-corrected chi connectivity index (χ4v) is 7.57. The molecule has 6 rings (SSSR count). The lowest BCUT2D eigenvalue weighted by molar-refractivity contribution is 0.0597. The zero-order valence-electron chi connectivity index (χ0n) is 19.2. The summed E-state index contributed by atoms with van der Waals surface area (Å²) in [6, 6.07) is 5.05. The first-order valence-corrected chi connectivity index (χ1v) is 12.5. The van der Waals surface area contributed by atoms with E-state index in [-0.39, 0.29) is 11.4 Å². The van der Waals surface area contributed by atoms with Gasteiger partial charge in [0.15, 0.2) is 0 Å². The van der Waals surface area contributed by atoms with Crippen molar-refractivity contribution in [2.75, 3.05) is 7.11 Å².